The van der Waals surface area contributed by atoms with Crippen molar-refractivity contribution in [3.8, 4) is 0 Å². The standard InChI is InChI=1S/C24H24ClFO3/c1-27-13-17-14-28-24(29-15-17)20-8-11-22-19(12-20)7-6-18(23(22)26)5-2-16-3-9-21(25)10-4-16/h3-4,6-12,17,24H,2,5,13-15H2,1H3. The number of hydrogen-bond acceptors (Lipinski definition) is 3. The van der Waals surface area contributed by atoms with Gasteiger partial charge >= 0.3 is 0 Å². The average Bonchev–Trinajstić information content (AvgIpc) is 2.75. The van der Waals surface area contributed by atoms with Gasteiger partial charge < -0.3 is 14.2 Å². The fourth-order valence-electron chi connectivity index (χ4n) is 3.69. The number of rotatable bonds is 6. The number of halogens is 2. The molecule has 0 amide bonds. The Hall–Kier alpha value is -1.98. The van der Waals surface area contributed by atoms with E-state index in [4.69, 9.17) is 25.8 Å². The molecule has 1 saturated heterocycles. The maximum Gasteiger partial charge on any atom is 0.183 e. The molecular formula is C24H24ClFO3. The van der Waals surface area contributed by atoms with Crippen LogP contribution < -0.4 is 0 Å². The molecule has 1 heterocycles. The monoisotopic (exact) mass is 414 g/mol. The maximum atomic E-state index is 15.0. The summed E-state index contributed by atoms with van der Waals surface area (Å²) >= 11 is 5.93. The zero-order valence-corrected chi connectivity index (χ0v) is 17.1. The summed E-state index contributed by atoms with van der Waals surface area (Å²) in [5.74, 6) is 0.0889. The zero-order chi connectivity index (χ0) is 20.2. The normalized spacial score (nSPS) is 19.6. The molecule has 3 nitrogen and oxygen atoms in total. The van der Waals surface area contributed by atoms with Crippen molar-refractivity contribution >= 4 is 22.4 Å². The van der Waals surface area contributed by atoms with Gasteiger partial charge in [-0.2, -0.15) is 0 Å². The number of fused-ring (bicyclic) bond motifs is 1. The Labute approximate surface area is 175 Å². The van der Waals surface area contributed by atoms with E-state index in [1.54, 1.807) is 7.11 Å². The molecule has 0 aliphatic carbocycles. The van der Waals surface area contributed by atoms with Gasteiger partial charge in [-0.15, -0.1) is 0 Å². The van der Waals surface area contributed by atoms with E-state index in [0.29, 0.717) is 42.2 Å². The lowest BCUT2D eigenvalue weighted by molar-refractivity contribution is -0.210. The summed E-state index contributed by atoms with van der Waals surface area (Å²) in [6, 6.07) is 17.2. The number of hydrogen-bond donors (Lipinski definition) is 0. The Bertz CT molecular complexity index is 966. The molecule has 3 aromatic carbocycles. The van der Waals surface area contributed by atoms with Gasteiger partial charge in [0.1, 0.15) is 5.82 Å². The lowest BCUT2D eigenvalue weighted by Crippen LogP contribution is -2.29. The summed E-state index contributed by atoms with van der Waals surface area (Å²) in [6.45, 7) is 1.80. The van der Waals surface area contributed by atoms with Crippen molar-refractivity contribution < 1.29 is 18.6 Å². The van der Waals surface area contributed by atoms with Gasteiger partial charge in [0.15, 0.2) is 6.29 Å². The number of methoxy groups -OCH3 is 1. The Balaban J connectivity index is 1.47. The third-order valence-electron chi connectivity index (χ3n) is 5.30. The first-order valence-corrected chi connectivity index (χ1v) is 10.2. The van der Waals surface area contributed by atoms with Crippen molar-refractivity contribution in [3.05, 3.63) is 82.1 Å². The Morgan fingerprint density at radius 3 is 2.48 bits per heavy atom. The van der Waals surface area contributed by atoms with E-state index < -0.39 is 6.29 Å². The van der Waals surface area contributed by atoms with Gasteiger partial charge in [0.25, 0.3) is 0 Å². The molecule has 0 bridgehead atoms. The molecule has 0 aromatic heterocycles. The lowest BCUT2D eigenvalue weighted by atomic mass is 9.99. The summed E-state index contributed by atoms with van der Waals surface area (Å²) in [6.07, 6.45) is 0.991. The second-order valence-electron chi connectivity index (χ2n) is 7.47. The predicted molar refractivity (Wildman–Crippen MR) is 113 cm³/mol. The van der Waals surface area contributed by atoms with Crippen LogP contribution in [-0.2, 0) is 27.1 Å². The van der Waals surface area contributed by atoms with Crippen LogP contribution in [0.5, 0.6) is 0 Å². The van der Waals surface area contributed by atoms with Crippen molar-refractivity contribution in [1.82, 2.24) is 0 Å². The third kappa shape index (κ3) is 4.78. The highest BCUT2D eigenvalue weighted by molar-refractivity contribution is 6.30. The topological polar surface area (TPSA) is 27.7 Å². The summed E-state index contributed by atoms with van der Waals surface area (Å²) in [7, 11) is 1.67. The van der Waals surface area contributed by atoms with Crippen LogP contribution in [0.4, 0.5) is 4.39 Å². The predicted octanol–water partition coefficient (Wildman–Crippen LogP) is 5.73. The Kier molecular flexibility index (Phi) is 6.46. The molecule has 1 aliphatic heterocycles. The second-order valence-corrected chi connectivity index (χ2v) is 7.90. The Morgan fingerprint density at radius 1 is 1.00 bits per heavy atom. The van der Waals surface area contributed by atoms with Crippen LogP contribution in [0, 0.1) is 11.7 Å². The molecule has 3 aromatic rings. The summed E-state index contributed by atoms with van der Waals surface area (Å²) in [4.78, 5) is 0. The molecule has 29 heavy (non-hydrogen) atoms. The zero-order valence-electron chi connectivity index (χ0n) is 16.4. The minimum atomic E-state index is -0.417. The van der Waals surface area contributed by atoms with Crippen LogP contribution >= 0.6 is 11.6 Å². The summed E-state index contributed by atoms with van der Waals surface area (Å²) in [5.41, 5.74) is 2.76. The van der Waals surface area contributed by atoms with Crippen LogP contribution in [0.2, 0.25) is 5.02 Å². The van der Waals surface area contributed by atoms with E-state index in [0.717, 1.165) is 22.9 Å². The van der Waals surface area contributed by atoms with E-state index in [1.807, 2.05) is 54.6 Å². The number of ether oxygens (including phenoxy) is 3. The largest absolute Gasteiger partial charge is 0.384 e. The van der Waals surface area contributed by atoms with Gasteiger partial charge in [-0.25, -0.2) is 4.39 Å². The van der Waals surface area contributed by atoms with Crippen LogP contribution in [0.3, 0.4) is 0 Å². The molecule has 152 valence electrons. The fourth-order valence-corrected chi connectivity index (χ4v) is 3.82. The molecule has 0 atom stereocenters. The quantitative estimate of drug-likeness (QED) is 0.516. The Morgan fingerprint density at radius 2 is 1.76 bits per heavy atom. The molecule has 0 unspecified atom stereocenters. The molecule has 0 saturated carbocycles. The first kappa shape index (κ1) is 20.3. The minimum Gasteiger partial charge on any atom is -0.384 e. The third-order valence-corrected chi connectivity index (χ3v) is 5.55. The van der Waals surface area contributed by atoms with Crippen molar-refractivity contribution in [2.45, 2.75) is 19.1 Å². The van der Waals surface area contributed by atoms with Gasteiger partial charge in [-0.1, -0.05) is 48.0 Å². The highest BCUT2D eigenvalue weighted by Gasteiger charge is 2.24. The van der Waals surface area contributed by atoms with Crippen LogP contribution in [0.1, 0.15) is 23.0 Å². The summed E-state index contributed by atoms with van der Waals surface area (Å²) < 4.78 is 31.8. The molecule has 1 fully saturated rings. The van der Waals surface area contributed by atoms with Gasteiger partial charge in [-0.3, -0.25) is 0 Å². The second kappa shape index (κ2) is 9.23. The van der Waals surface area contributed by atoms with Crippen LogP contribution in [-0.4, -0.2) is 26.9 Å². The molecule has 0 radical (unpaired) electrons. The van der Waals surface area contributed by atoms with E-state index in [-0.39, 0.29) is 11.7 Å². The molecular weight excluding hydrogens is 391 g/mol. The van der Waals surface area contributed by atoms with Crippen molar-refractivity contribution in [3.63, 3.8) is 0 Å². The van der Waals surface area contributed by atoms with Crippen LogP contribution in [0.25, 0.3) is 10.8 Å². The van der Waals surface area contributed by atoms with Crippen molar-refractivity contribution in [2.24, 2.45) is 5.92 Å². The van der Waals surface area contributed by atoms with Gasteiger partial charge in [0.05, 0.1) is 19.8 Å². The lowest BCUT2D eigenvalue weighted by Gasteiger charge is -2.29. The van der Waals surface area contributed by atoms with E-state index >= 15 is 4.39 Å². The number of benzene rings is 3. The fraction of sp³-hybridized carbons (Fsp3) is 0.333. The first-order valence-electron chi connectivity index (χ1n) is 9.81. The number of aryl methyl sites for hydroxylation is 2. The maximum absolute atomic E-state index is 15.0. The van der Waals surface area contributed by atoms with E-state index in [2.05, 4.69) is 0 Å². The minimum absolute atomic E-state index is 0.159. The molecule has 5 heteroatoms. The molecule has 0 spiro atoms. The van der Waals surface area contributed by atoms with E-state index in [1.165, 1.54) is 0 Å². The van der Waals surface area contributed by atoms with E-state index in [9.17, 15) is 0 Å². The van der Waals surface area contributed by atoms with Gasteiger partial charge in [0.2, 0.25) is 0 Å². The molecule has 1 aliphatic rings. The molecule has 0 N–H and O–H groups in total. The average molecular weight is 415 g/mol. The molecule has 4 rings (SSSR count). The smallest absolute Gasteiger partial charge is 0.183 e. The van der Waals surface area contributed by atoms with Gasteiger partial charge in [0, 0.05) is 29.0 Å². The van der Waals surface area contributed by atoms with Crippen molar-refractivity contribution in [2.75, 3.05) is 26.9 Å². The van der Waals surface area contributed by atoms with Crippen LogP contribution in [0.15, 0.2) is 54.6 Å². The summed E-state index contributed by atoms with van der Waals surface area (Å²) in [5, 5.41) is 2.18. The highest BCUT2D eigenvalue weighted by Crippen LogP contribution is 2.30. The highest BCUT2D eigenvalue weighted by atomic mass is 35.5. The van der Waals surface area contributed by atoms with Gasteiger partial charge in [-0.05, 0) is 47.6 Å². The first-order chi connectivity index (χ1) is 14.1. The van der Waals surface area contributed by atoms with Crippen molar-refractivity contribution in [1.29, 1.82) is 0 Å². The SMILES string of the molecule is COCC1COC(c2ccc3c(F)c(CCc4ccc(Cl)cc4)ccc3c2)OC1.